The first-order valence-corrected chi connectivity index (χ1v) is 4.15. The summed E-state index contributed by atoms with van der Waals surface area (Å²) < 4.78 is 0. The number of rotatable bonds is 2. The van der Waals surface area contributed by atoms with Crippen molar-refractivity contribution < 1.29 is 4.79 Å². The van der Waals surface area contributed by atoms with Gasteiger partial charge in [0.1, 0.15) is 0 Å². The second-order valence-corrected chi connectivity index (χ2v) is 2.85. The maximum absolute atomic E-state index is 10.2. The molecule has 0 saturated carbocycles. The van der Waals surface area contributed by atoms with Crippen molar-refractivity contribution in [1.29, 1.82) is 0 Å². The van der Waals surface area contributed by atoms with Crippen LogP contribution in [0.2, 0.25) is 0 Å². The van der Waals surface area contributed by atoms with Gasteiger partial charge in [0.05, 0.1) is 0 Å². The fraction of sp³-hybridized carbons (Fsp3) is 0.100. The van der Waals surface area contributed by atoms with Crippen molar-refractivity contribution in [2.75, 3.05) is 17.2 Å². The van der Waals surface area contributed by atoms with Crippen LogP contribution >= 0.6 is 0 Å². The molecule has 0 saturated heterocycles. The molecule has 2 rings (SSSR count). The molecule has 0 unspecified atom stereocenters. The predicted octanol–water partition coefficient (Wildman–Crippen LogP) is 1.69. The third kappa shape index (κ3) is 1.54. The van der Waals surface area contributed by atoms with Gasteiger partial charge in [-0.05, 0) is 23.8 Å². The number of benzene rings is 1. The van der Waals surface area contributed by atoms with Crippen LogP contribution in [0.15, 0.2) is 24.3 Å². The van der Waals surface area contributed by atoms with E-state index in [9.17, 15) is 4.79 Å². The minimum atomic E-state index is 0.682. The number of carbonyl (C=O) groups is 1. The van der Waals surface area contributed by atoms with Crippen molar-refractivity contribution in [3.8, 4) is 0 Å². The Hall–Kier alpha value is -1.77. The summed E-state index contributed by atoms with van der Waals surface area (Å²) >= 11 is 0. The topological polar surface area (TPSA) is 41.1 Å². The molecule has 0 fully saturated rings. The summed E-state index contributed by atoms with van der Waals surface area (Å²) in [6, 6.07) is 5.77. The molecule has 3 nitrogen and oxygen atoms in total. The fourth-order valence-electron chi connectivity index (χ4n) is 1.37. The van der Waals surface area contributed by atoms with Crippen molar-refractivity contribution in [3.63, 3.8) is 0 Å². The van der Waals surface area contributed by atoms with Crippen molar-refractivity contribution >= 4 is 23.9 Å². The number of amides is 1. The van der Waals surface area contributed by atoms with Crippen LogP contribution in [0.1, 0.15) is 5.56 Å². The van der Waals surface area contributed by atoms with Gasteiger partial charge in [0.2, 0.25) is 6.41 Å². The van der Waals surface area contributed by atoms with Crippen molar-refractivity contribution in [3.05, 3.63) is 29.8 Å². The molecule has 0 radical (unpaired) electrons. The number of hydrogen-bond donors (Lipinski definition) is 2. The molecule has 1 aliphatic rings. The van der Waals surface area contributed by atoms with E-state index in [0.29, 0.717) is 6.41 Å². The molecule has 66 valence electrons. The van der Waals surface area contributed by atoms with Crippen LogP contribution in [0.5, 0.6) is 0 Å². The monoisotopic (exact) mass is 174 g/mol. The first-order chi connectivity index (χ1) is 6.40. The van der Waals surface area contributed by atoms with E-state index >= 15 is 0 Å². The zero-order chi connectivity index (χ0) is 9.10. The van der Waals surface area contributed by atoms with E-state index in [1.54, 1.807) is 0 Å². The third-order valence-electron chi connectivity index (χ3n) is 1.98. The number of carbonyl (C=O) groups excluding carboxylic acids is 1. The highest BCUT2D eigenvalue weighted by Crippen LogP contribution is 2.23. The lowest BCUT2D eigenvalue weighted by Crippen LogP contribution is -2.04. The van der Waals surface area contributed by atoms with Gasteiger partial charge in [-0.3, -0.25) is 4.79 Å². The molecule has 0 spiro atoms. The van der Waals surface area contributed by atoms with Gasteiger partial charge in [0, 0.05) is 17.9 Å². The molecule has 13 heavy (non-hydrogen) atoms. The Balaban J connectivity index is 2.36. The molecule has 2 N–H and O–H groups in total. The summed E-state index contributed by atoms with van der Waals surface area (Å²) in [6.45, 7) is 0.869. The quantitative estimate of drug-likeness (QED) is 0.670. The van der Waals surface area contributed by atoms with E-state index in [0.717, 1.165) is 23.5 Å². The van der Waals surface area contributed by atoms with Crippen LogP contribution in [0, 0.1) is 0 Å². The first-order valence-electron chi connectivity index (χ1n) is 4.15. The van der Waals surface area contributed by atoms with Crippen molar-refractivity contribution in [2.45, 2.75) is 0 Å². The Morgan fingerprint density at radius 3 is 3.23 bits per heavy atom. The average molecular weight is 174 g/mol. The number of anilines is 2. The largest absolute Gasteiger partial charge is 0.381 e. The van der Waals surface area contributed by atoms with Gasteiger partial charge < -0.3 is 10.6 Å². The fourth-order valence-corrected chi connectivity index (χ4v) is 1.37. The normalized spacial score (nSPS) is 12.9. The summed E-state index contributed by atoms with van der Waals surface area (Å²) in [5.74, 6) is 0. The minimum absolute atomic E-state index is 0.682. The minimum Gasteiger partial charge on any atom is -0.381 e. The second-order valence-electron chi connectivity index (χ2n) is 2.85. The predicted molar refractivity (Wildman–Crippen MR) is 53.7 cm³/mol. The zero-order valence-electron chi connectivity index (χ0n) is 7.08. The molecule has 3 heteroatoms. The van der Waals surface area contributed by atoms with Gasteiger partial charge in [-0.1, -0.05) is 12.2 Å². The molecule has 1 heterocycles. The SMILES string of the molecule is O=CNc1ccc2c(c1)C=CCN2. The molecule has 0 aliphatic carbocycles. The Labute approximate surface area is 76.5 Å². The Morgan fingerprint density at radius 1 is 1.46 bits per heavy atom. The van der Waals surface area contributed by atoms with E-state index in [1.807, 2.05) is 30.4 Å². The Bertz CT molecular complexity index is 358. The van der Waals surface area contributed by atoms with Crippen LogP contribution in [-0.4, -0.2) is 13.0 Å². The summed E-state index contributed by atoms with van der Waals surface area (Å²) in [7, 11) is 0. The summed E-state index contributed by atoms with van der Waals surface area (Å²) in [5.41, 5.74) is 3.04. The van der Waals surface area contributed by atoms with E-state index in [1.165, 1.54) is 0 Å². The van der Waals surface area contributed by atoms with Gasteiger partial charge in [-0.25, -0.2) is 0 Å². The summed E-state index contributed by atoms with van der Waals surface area (Å²) in [4.78, 5) is 10.2. The lowest BCUT2D eigenvalue weighted by atomic mass is 10.1. The molecule has 0 aromatic heterocycles. The summed E-state index contributed by atoms with van der Waals surface area (Å²) in [5, 5.41) is 5.84. The molecule has 1 aromatic carbocycles. The van der Waals surface area contributed by atoms with E-state index < -0.39 is 0 Å². The maximum atomic E-state index is 10.2. The highest BCUT2D eigenvalue weighted by molar-refractivity contribution is 5.78. The zero-order valence-corrected chi connectivity index (χ0v) is 7.08. The van der Waals surface area contributed by atoms with Gasteiger partial charge in [0.15, 0.2) is 0 Å². The smallest absolute Gasteiger partial charge is 0.211 e. The Kier molecular flexibility index (Phi) is 2.00. The lowest BCUT2D eigenvalue weighted by Gasteiger charge is -2.13. The van der Waals surface area contributed by atoms with Crippen LogP contribution in [-0.2, 0) is 4.79 Å². The lowest BCUT2D eigenvalue weighted by molar-refractivity contribution is -0.105. The standard InChI is InChI=1S/C10H10N2O/c13-7-12-9-3-4-10-8(6-9)2-1-5-11-10/h1-4,6-7,11H,5H2,(H,12,13). The maximum Gasteiger partial charge on any atom is 0.211 e. The Morgan fingerprint density at radius 2 is 2.38 bits per heavy atom. The van der Waals surface area contributed by atoms with Crippen molar-refractivity contribution in [2.24, 2.45) is 0 Å². The van der Waals surface area contributed by atoms with E-state index in [-0.39, 0.29) is 0 Å². The molecule has 0 bridgehead atoms. The van der Waals surface area contributed by atoms with E-state index in [2.05, 4.69) is 10.6 Å². The molecular weight excluding hydrogens is 164 g/mol. The van der Waals surface area contributed by atoms with Crippen LogP contribution < -0.4 is 10.6 Å². The van der Waals surface area contributed by atoms with Gasteiger partial charge in [-0.2, -0.15) is 0 Å². The number of nitrogens with one attached hydrogen (secondary N) is 2. The van der Waals surface area contributed by atoms with Gasteiger partial charge in [0.25, 0.3) is 0 Å². The van der Waals surface area contributed by atoms with Crippen LogP contribution in [0.25, 0.3) is 6.08 Å². The number of hydrogen-bond acceptors (Lipinski definition) is 2. The van der Waals surface area contributed by atoms with Crippen LogP contribution in [0.3, 0.4) is 0 Å². The molecule has 0 atom stereocenters. The molecular formula is C10H10N2O. The third-order valence-corrected chi connectivity index (χ3v) is 1.98. The second kappa shape index (κ2) is 3.31. The number of fused-ring (bicyclic) bond motifs is 1. The first kappa shape index (κ1) is 7.86. The highest BCUT2D eigenvalue weighted by atomic mass is 16.1. The van der Waals surface area contributed by atoms with Gasteiger partial charge >= 0.3 is 0 Å². The van der Waals surface area contributed by atoms with E-state index in [4.69, 9.17) is 0 Å². The molecule has 1 aromatic rings. The van der Waals surface area contributed by atoms with Crippen molar-refractivity contribution in [1.82, 2.24) is 0 Å². The average Bonchev–Trinajstić information content (AvgIpc) is 2.18. The van der Waals surface area contributed by atoms with Gasteiger partial charge in [-0.15, -0.1) is 0 Å². The summed E-state index contributed by atoms with van der Waals surface area (Å²) in [6.07, 6.45) is 4.77. The highest BCUT2D eigenvalue weighted by Gasteiger charge is 2.03. The molecule has 1 amide bonds. The molecule has 1 aliphatic heterocycles. The van der Waals surface area contributed by atoms with Crippen LogP contribution in [0.4, 0.5) is 11.4 Å².